The smallest absolute Gasteiger partial charge is 0.236 e. The predicted octanol–water partition coefficient (Wildman–Crippen LogP) is 2.26. The first-order valence-electron chi connectivity index (χ1n) is 7.39. The Morgan fingerprint density at radius 2 is 2.06 bits per heavy atom. The van der Waals surface area contributed by atoms with E-state index in [4.69, 9.17) is 0 Å². The molecule has 2 saturated carbocycles. The van der Waals surface area contributed by atoms with Gasteiger partial charge in [0.2, 0.25) is 5.91 Å². The van der Waals surface area contributed by atoms with Crippen LogP contribution in [0.15, 0.2) is 0 Å². The Bertz CT molecular complexity index is 281. The quantitative estimate of drug-likeness (QED) is 0.770. The molecule has 0 aromatic rings. The van der Waals surface area contributed by atoms with Crippen LogP contribution in [-0.2, 0) is 4.79 Å². The molecule has 1 N–H and O–H groups in total. The molecule has 2 rings (SSSR count). The van der Waals surface area contributed by atoms with E-state index in [-0.39, 0.29) is 0 Å². The number of nitrogens with one attached hydrogen (secondary N) is 1. The molecule has 0 radical (unpaired) electrons. The molecule has 0 heterocycles. The van der Waals surface area contributed by atoms with Crippen molar-refractivity contribution in [3.05, 3.63) is 0 Å². The summed E-state index contributed by atoms with van der Waals surface area (Å²) in [5.41, 5.74) is 0. The number of carbonyl (C=O) groups excluding carboxylic acids is 1. The first kappa shape index (κ1) is 14.2. The Kier molecular flexibility index (Phi) is 5.37. The van der Waals surface area contributed by atoms with E-state index >= 15 is 0 Å². The molecule has 4 heteroatoms. The molecule has 0 aromatic carbocycles. The van der Waals surface area contributed by atoms with E-state index in [2.05, 4.69) is 30.9 Å². The highest BCUT2D eigenvalue weighted by Gasteiger charge is 2.31. The zero-order valence-corrected chi connectivity index (χ0v) is 12.5. The van der Waals surface area contributed by atoms with Crippen molar-refractivity contribution in [3.8, 4) is 0 Å². The molecular formula is C14H26N2OS. The molecule has 2 atom stereocenters. The van der Waals surface area contributed by atoms with Crippen molar-refractivity contribution >= 4 is 17.7 Å². The SMILES string of the molecule is CCSC1CCC(NCC(=O)N(CC)C2CC2)C1. The Hall–Kier alpha value is -0.220. The first-order valence-corrected chi connectivity index (χ1v) is 8.43. The van der Waals surface area contributed by atoms with Crippen LogP contribution in [0.2, 0.25) is 0 Å². The average molecular weight is 270 g/mol. The van der Waals surface area contributed by atoms with Gasteiger partial charge in [0.05, 0.1) is 6.54 Å². The van der Waals surface area contributed by atoms with Crippen LogP contribution in [0, 0.1) is 0 Å². The Morgan fingerprint density at radius 3 is 2.67 bits per heavy atom. The van der Waals surface area contributed by atoms with Gasteiger partial charge in [0, 0.05) is 23.9 Å². The fraction of sp³-hybridized carbons (Fsp3) is 0.929. The summed E-state index contributed by atoms with van der Waals surface area (Å²) < 4.78 is 0. The van der Waals surface area contributed by atoms with E-state index in [0.29, 0.717) is 24.5 Å². The van der Waals surface area contributed by atoms with Crippen LogP contribution in [0.3, 0.4) is 0 Å². The van der Waals surface area contributed by atoms with Gasteiger partial charge >= 0.3 is 0 Å². The van der Waals surface area contributed by atoms with Gasteiger partial charge in [-0.05, 0) is 44.8 Å². The molecule has 2 fully saturated rings. The molecule has 18 heavy (non-hydrogen) atoms. The van der Waals surface area contributed by atoms with Crippen LogP contribution in [0.25, 0.3) is 0 Å². The van der Waals surface area contributed by atoms with Crippen molar-refractivity contribution in [1.82, 2.24) is 10.2 Å². The number of amides is 1. The minimum absolute atomic E-state index is 0.298. The van der Waals surface area contributed by atoms with Gasteiger partial charge in [-0.2, -0.15) is 11.8 Å². The lowest BCUT2D eigenvalue weighted by molar-refractivity contribution is -0.130. The van der Waals surface area contributed by atoms with E-state index in [1.165, 1.54) is 37.9 Å². The highest BCUT2D eigenvalue weighted by molar-refractivity contribution is 7.99. The monoisotopic (exact) mass is 270 g/mol. The number of hydrogen-bond donors (Lipinski definition) is 1. The Morgan fingerprint density at radius 1 is 1.28 bits per heavy atom. The van der Waals surface area contributed by atoms with E-state index in [9.17, 15) is 4.79 Å². The summed E-state index contributed by atoms with van der Waals surface area (Å²) in [7, 11) is 0. The van der Waals surface area contributed by atoms with E-state index in [0.717, 1.165) is 11.8 Å². The van der Waals surface area contributed by atoms with E-state index in [1.54, 1.807) is 0 Å². The number of rotatable bonds is 7. The molecular weight excluding hydrogens is 244 g/mol. The molecule has 2 aliphatic carbocycles. The molecule has 0 saturated heterocycles. The fourth-order valence-electron chi connectivity index (χ4n) is 2.87. The van der Waals surface area contributed by atoms with Gasteiger partial charge in [-0.15, -0.1) is 0 Å². The highest BCUT2D eigenvalue weighted by atomic mass is 32.2. The van der Waals surface area contributed by atoms with Crippen LogP contribution in [0.5, 0.6) is 0 Å². The fourth-order valence-corrected chi connectivity index (χ4v) is 4.01. The zero-order valence-electron chi connectivity index (χ0n) is 11.7. The minimum atomic E-state index is 0.298. The number of hydrogen-bond acceptors (Lipinski definition) is 3. The second kappa shape index (κ2) is 6.80. The van der Waals surface area contributed by atoms with Gasteiger partial charge in [0.1, 0.15) is 0 Å². The standard InChI is InChI=1S/C14H26N2OS/c1-3-16(12-6-7-12)14(17)10-15-11-5-8-13(9-11)18-4-2/h11-13,15H,3-10H2,1-2H3. The average Bonchev–Trinajstić information content (AvgIpc) is 3.09. The summed E-state index contributed by atoms with van der Waals surface area (Å²) in [4.78, 5) is 14.1. The highest BCUT2D eigenvalue weighted by Crippen LogP contribution is 2.30. The second-order valence-corrected chi connectivity index (χ2v) is 6.96. The number of carbonyl (C=O) groups is 1. The maximum atomic E-state index is 12.1. The van der Waals surface area contributed by atoms with Gasteiger partial charge in [-0.3, -0.25) is 4.79 Å². The van der Waals surface area contributed by atoms with Crippen molar-refractivity contribution < 1.29 is 4.79 Å². The van der Waals surface area contributed by atoms with E-state index in [1.807, 2.05) is 4.90 Å². The molecule has 0 bridgehead atoms. The summed E-state index contributed by atoms with van der Waals surface area (Å²) in [5.74, 6) is 1.51. The summed E-state index contributed by atoms with van der Waals surface area (Å²) in [6.07, 6.45) is 6.20. The van der Waals surface area contributed by atoms with Crippen molar-refractivity contribution in [2.45, 2.75) is 63.3 Å². The predicted molar refractivity (Wildman–Crippen MR) is 78.0 cm³/mol. The van der Waals surface area contributed by atoms with Gasteiger partial charge in [0.25, 0.3) is 0 Å². The summed E-state index contributed by atoms with van der Waals surface area (Å²) in [6.45, 7) is 5.71. The summed E-state index contributed by atoms with van der Waals surface area (Å²) in [5, 5.41) is 4.28. The Labute approximate surface area is 115 Å². The maximum absolute atomic E-state index is 12.1. The van der Waals surface area contributed by atoms with Gasteiger partial charge in [-0.25, -0.2) is 0 Å². The van der Waals surface area contributed by atoms with Crippen molar-refractivity contribution in [2.24, 2.45) is 0 Å². The van der Waals surface area contributed by atoms with Crippen molar-refractivity contribution in [2.75, 3.05) is 18.8 Å². The largest absolute Gasteiger partial charge is 0.339 e. The van der Waals surface area contributed by atoms with Gasteiger partial charge in [-0.1, -0.05) is 6.92 Å². The molecule has 1 amide bonds. The summed E-state index contributed by atoms with van der Waals surface area (Å²) >= 11 is 2.07. The molecule has 0 aliphatic heterocycles. The van der Waals surface area contributed by atoms with Gasteiger partial charge < -0.3 is 10.2 Å². The molecule has 0 aromatic heterocycles. The molecule has 2 unspecified atom stereocenters. The number of likely N-dealkylation sites (N-methyl/N-ethyl adjacent to an activating group) is 1. The van der Waals surface area contributed by atoms with E-state index < -0.39 is 0 Å². The molecule has 3 nitrogen and oxygen atoms in total. The lowest BCUT2D eigenvalue weighted by Crippen LogP contribution is -2.42. The second-order valence-electron chi connectivity index (χ2n) is 5.38. The first-order chi connectivity index (χ1) is 8.74. The lowest BCUT2D eigenvalue weighted by atomic mass is 10.2. The van der Waals surface area contributed by atoms with Gasteiger partial charge in [0.15, 0.2) is 0 Å². The normalized spacial score (nSPS) is 27.4. The third-order valence-electron chi connectivity index (χ3n) is 3.98. The molecule has 104 valence electrons. The topological polar surface area (TPSA) is 32.3 Å². The van der Waals surface area contributed by atoms with Crippen molar-refractivity contribution in [3.63, 3.8) is 0 Å². The summed E-state index contributed by atoms with van der Waals surface area (Å²) in [6, 6.07) is 1.12. The maximum Gasteiger partial charge on any atom is 0.236 e. The van der Waals surface area contributed by atoms with Crippen molar-refractivity contribution in [1.29, 1.82) is 0 Å². The van der Waals surface area contributed by atoms with Crippen LogP contribution >= 0.6 is 11.8 Å². The number of thioether (sulfide) groups is 1. The zero-order chi connectivity index (χ0) is 13.0. The Balaban J connectivity index is 1.66. The number of nitrogens with zero attached hydrogens (tertiary/aromatic N) is 1. The lowest BCUT2D eigenvalue weighted by Gasteiger charge is -2.22. The van der Waals surface area contributed by atoms with Crippen LogP contribution in [0.4, 0.5) is 0 Å². The molecule has 2 aliphatic rings. The minimum Gasteiger partial charge on any atom is -0.339 e. The molecule has 0 spiro atoms. The van der Waals surface area contributed by atoms with Crippen LogP contribution in [0.1, 0.15) is 46.0 Å². The van der Waals surface area contributed by atoms with Crippen LogP contribution < -0.4 is 5.32 Å². The third-order valence-corrected chi connectivity index (χ3v) is 5.21. The third kappa shape index (κ3) is 3.89. The van der Waals surface area contributed by atoms with Crippen LogP contribution in [-0.4, -0.2) is 47.0 Å².